The molecule has 0 atom stereocenters. The van der Waals surface area contributed by atoms with Crippen molar-refractivity contribution < 1.29 is 4.79 Å². The normalized spacial score (nSPS) is 10.8. The second kappa shape index (κ2) is 9.12. The maximum atomic E-state index is 13.2. The minimum atomic E-state index is 0. The van der Waals surface area contributed by atoms with Crippen LogP contribution in [-0.2, 0) is 0 Å². The number of carbonyl (C=O) groups excluding carboxylic acids is 1. The Balaban J connectivity index is 0.00000243. The van der Waals surface area contributed by atoms with Gasteiger partial charge in [-0.05, 0) is 67.4 Å². The predicted molar refractivity (Wildman–Crippen MR) is 121 cm³/mol. The molecule has 4 nitrogen and oxygen atoms in total. The van der Waals surface area contributed by atoms with Crippen molar-refractivity contribution in [1.29, 1.82) is 0 Å². The van der Waals surface area contributed by atoms with E-state index in [0.717, 1.165) is 36.6 Å². The first kappa shape index (κ1) is 21.1. The Labute approximate surface area is 177 Å². The molecule has 0 aliphatic carbocycles. The average molecular weight is 502 g/mol. The van der Waals surface area contributed by atoms with E-state index >= 15 is 0 Å². The fourth-order valence-electron chi connectivity index (χ4n) is 2.55. The van der Waals surface area contributed by atoms with Crippen molar-refractivity contribution >= 4 is 67.6 Å². The van der Waals surface area contributed by atoms with Gasteiger partial charge in [0.25, 0.3) is 5.91 Å². The summed E-state index contributed by atoms with van der Waals surface area (Å²) >= 11 is 3.79. The zero-order valence-electron chi connectivity index (χ0n) is 14.9. The Morgan fingerprint density at radius 3 is 2.50 bits per heavy atom. The van der Waals surface area contributed by atoms with Gasteiger partial charge in [0.05, 0.1) is 15.8 Å². The number of halogens is 2. The second-order valence-corrected chi connectivity index (χ2v) is 8.33. The summed E-state index contributed by atoms with van der Waals surface area (Å²) in [6.07, 6.45) is 0. The van der Waals surface area contributed by atoms with Crippen LogP contribution in [0.5, 0.6) is 0 Å². The molecule has 0 radical (unpaired) electrons. The van der Waals surface area contributed by atoms with Crippen LogP contribution in [0.2, 0.25) is 0 Å². The summed E-state index contributed by atoms with van der Waals surface area (Å²) in [7, 11) is 4.02. The van der Waals surface area contributed by atoms with Gasteiger partial charge in [0.15, 0.2) is 5.13 Å². The van der Waals surface area contributed by atoms with E-state index < -0.39 is 0 Å². The summed E-state index contributed by atoms with van der Waals surface area (Å²) in [6.45, 7) is 3.44. The minimum Gasteiger partial charge on any atom is -0.308 e. The molecule has 0 saturated carbocycles. The largest absolute Gasteiger partial charge is 0.308 e. The smallest absolute Gasteiger partial charge is 0.261 e. The second-order valence-electron chi connectivity index (χ2n) is 6.16. The van der Waals surface area contributed by atoms with E-state index in [1.165, 1.54) is 0 Å². The van der Waals surface area contributed by atoms with Gasteiger partial charge in [0, 0.05) is 16.7 Å². The standard InChI is InChI=1S/C19H20IN3OS.ClH/c1-13-7-6-10-16-17(13)21-19(25-16)23(12-11-22(2)3)18(24)14-8-4-5-9-15(14)20;/h4-10H,11-12H2,1-3H3;1H. The van der Waals surface area contributed by atoms with Gasteiger partial charge in [-0.25, -0.2) is 4.98 Å². The number of aromatic nitrogens is 1. The van der Waals surface area contributed by atoms with Gasteiger partial charge >= 0.3 is 0 Å². The van der Waals surface area contributed by atoms with Gasteiger partial charge in [0.1, 0.15) is 0 Å². The van der Waals surface area contributed by atoms with Crippen molar-refractivity contribution in [2.75, 3.05) is 32.1 Å². The zero-order chi connectivity index (χ0) is 18.0. The molecule has 0 unspecified atom stereocenters. The number of hydrogen-bond acceptors (Lipinski definition) is 4. The summed E-state index contributed by atoms with van der Waals surface area (Å²) in [6, 6.07) is 13.8. The Kier molecular flexibility index (Phi) is 7.40. The molecule has 0 saturated heterocycles. The molecule has 26 heavy (non-hydrogen) atoms. The van der Waals surface area contributed by atoms with Crippen LogP contribution in [0.15, 0.2) is 42.5 Å². The predicted octanol–water partition coefficient (Wildman–Crippen LogP) is 4.84. The van der Waals surface area contributed by atoms with Gasteiger partial charge in [-0.3, -0.25) is 9.69 Å². The number of thiazole rings is 1. The third-order valence-corrected chi connectivity index (χ3v) is 5.94. The monoisotopic (exact) mass is 501 g/mol. The molecule has 0 bridgehead atoms. The van der Waals surface area contributed by atoms with Crippen LogP contribution in [0.4, 0.5) is 5.13 Å². The van der Waals surface area contributed by atoms with E-state index in [4.69, 9.17) is 4.98 Å². The number of rotatable bonds is 5. The highest BCUT2D eigenvalue weighted by molar-refractivity contribution is 14.1. The number of anilines is 1. The topological polar surface area (TPSA) is 36.4 Å². The summed E-state index contributed by atoms with van der Waals surface area (Å²) in [5.74, 6) is 0.00330. The summed E-state index contributed by atoms with van der Waals surface area (Å²) in [5, 5.41) is 0.760. The van der Waals surface area contributed by atoms with Crippen molar-refractivity contribution in [2.45, 2.75) is 6.92 Å². The molecule has 0 N–H and O–H groups in total. The number of aryl methyl sites for hydroxylation is 1. The van der Waals surface area contributed by atoms with E-state index in [0.29, 0.717) is 6.54 Å². The van der Waals surface area contributed by atoms with Gasteiger partial charge in [-0.1, -0.05) is 35.6 Å². The van der Waals surface area contributed by atoms with E-state index in [1.807, 2.05) is 49.3 Å². The molecule has 7 heteroatoms. The number of carbonyl (C=O) groups is 1. The van der Waals surface area contributed by atoms with Crippen LogP contribution in [0.25, 0.3) is 10.2 Å². The van der Waals surface area contributed by atoms with Crippen LogP contribution < -0.4 is 4.90 Å². The number of hydrogen-bond donors (Lipinski definition) is 0. The van der Waals surface area contributed by atoms with E-state index in [9.17, 15) is 4.79 Å². The third-order valence-electron chi connectivity index (χ3n) is 3.96. The summed E-state index contributed by atoms with van der Waals surface area (Å²) in [4.78, 5) is 21.9. The van der Waals surface area contributed by atoms with Gasteiger partial charge in [-0.2, -0.15) is 0 Å². The molecule has 0 aliphatic heterocycles. The third kappa shape index (κ3) is 4.54. The van der Waals surface area contributed by atoms with Crippen molar-refractivity contribution in [3.05, 3.63) is 57.2 Å². The molecule has 0 aliphatic rings. The SMILES string of the molecule is Cc1cccc2sc(N(CCN(C)C)C(=O)c3ccccc3I)nc12.Cl. The van der Waals surface area contributed by atoms with Crippen LogP contribution in [0, 0.1) is 10.5 Å². The zero-order valence-corrected chi connectivity index (χ0v) is 18.7. The van der Waals surface area contributed by atoms with Crippen molar-refractivity contribution in [3.63, 3.8) is 0 Å². The Hall–Kier alpha value is -1.22. The van der Waals surface area contributed by atoms with Crippen LogP contribution in [-0.4, -0.2) is 43.0 Å². The van der Waals surface area contributed by atoms with E-state index in [-0.39, 0.29) is 18.3 Å². The number of amides is 1. The lowest BCUT2D eigenvalue weighted by Gasteiger charge is -2.22. The van der Waals surface area contributed by atoms with E-state index in [2.05, 4.69) is 46.5 Å². The number of likely N-dealkylation sites (N-methyl/N-ethyl adjacent to an activating group) is 1. The highest BCUT2D eigenvalue weighted by atomic mass is 127. The first-order valence-electron chi connectivity index (χ1n) is 8.04. The number of nitrogens with zero attached hydrogens (tertiary/aromatic N) is 3. The van der Waals surface area contributed by atoms with E-state index in [1.54, 1.807) is 11.3 Å². The molecule has 3 rings (SSSR count). The maximum absolute atomic E-state index is 13.2. The van der Waals surface area contributed by atoms with Gasteiger partial charge in [0.2, 0.25) is 0 Å². The number of para-hydroxylation sites is 1. The summed E-state index contributed by atoms with van der Waals surface area (Å²) < 4.78 is 2.07. The number of fused-ring (bicyclic) bond motifs is 1. The van der Waals surface area contributed by atoms with Crippen molar-refractivity contribution in [1.82, 2.24) is 9.88 Å². The van der Waals surface area contributed by atoms with Crippen LogP contribution in [0.1, 0.15) is 15.9 Å². The molecule has 1 heterocycles. The fraction of sp³-hybridized carbons (Fsp3) is 0.263. The Bertz CT molecular complexity index is 913. The molecule has 0 fully saturated rings. The first-order valence-corrected chi connectivity index (χ1v) is 9.94. The quantitative estimate of drug-likeness (QED) is 0.470. The highest BCUT2D eigenvalue weighted by Crippen LogP contribution is 2.31. The summed E-state index contributed by atoms with van der Waals surface area (Å²) in [5.41, 5.74) is 2.83. The van der Waals surface area contributed by atoms with Crippen molar-refractivity contribution in [3.8, 4) is 0 Å². The first-order chi connectivity index (χ1) is 12.0. The highest BCUT2D eigenvalue weighted by Gasteiger charge is 2.23. The molecular formula is C19H21ClIN3OS. The molecular weight excluding hydrogens is 481 g/mol. The molecule has 138 valence electrons. The maximum Gasteiger partial charge on any atom is 0.261 e. The van der Waals surface area contributed by atoms with Crippen LogP contribution in [0.3, 0.4) is 0 Å². The van der Waals surface area contributed by atoms with Crippen molar-refractivity contribution in [2.24, 2.45) is 0 Å². The molecule has 1 aromatic heterocycles. The molecule has 3 aromatic rings. The lowest BCUT2D eigenvalue weighted by molar-refractivity contribution is 0.0984. The Morgan fingerprint density at radius 2 is 1.85 bits per heavy atom. The molecule has 0 spiro atoms. The number of benzene rings is 2. The fourth-order valence-corrected chi connectivity index (χ4v) is 4.24. The Morgan fingerprint density at radius 1 is 1.12 bits per heavy atom. The molecule has 2 aromatic carbocycles. The van der Waals surface area contributed by atoms with Gasteiger partial charge in [-0.15, -0.1) is 12.4 Å². The minimum absolute atomic E-state index is 0. The lowest BCUT2D eigenvalue weighted by Crippen LogP contribution is -2.37. The van der Waals surface area contributed by atoms with Gasteiger partial charge < -0.3 is 4.90 Å². The van der Waals surface area contributed by atoms with Crippen LogP contribution >= 0.6 is 46.3 Å². The molecule has 1 amide bonds. The lowest BCUT2D eigenvalue weighted by atomic mass is 10.2. The average Bonchev–Trinajstić information content (AvgIpc) is 3.00.